The summed E-state index contributed by atoms with van der Waals surface area (Å²) in [7, 11) is 0. The molecule has 0 unspecified atom stereocenters. The maximum Gasteiger partial charge on any atom is 0.255 e. The van der Waals surface area contributed by atoms with Gasteiger partial charge in [-0.25, -0.2) is 0 Å². The van der Waals surface area contributed by atoms with E-state index >= 15 is 0 Å². The first kappa shape index (κ1) is 15.0. The Morgan fingerprint density at radius 2 is 1.95 bits per heavy atom. The molecule has 6 heteroatoms. The van der Waals surface area contributed by atoms with Crippen LogP contribution in [0.1, 0.15) is 10.4 Å². The summed E-state index contributed by atoms with van der Waals surface area (Å²) in [6, 6.07) is 11.7. The summed E-state index contributed by atoms with van der Waals surface area (Å²) in [6.45, 7) is 1.53. The van der Waals surface area contributed by atoms with Crippen molar-refractivity contribution in [1.29, 1.82) is 0 Å². The lowest BCUT2D eigenvalue weighted by Gasteiger charge is -2.06. The fourth-order valence-corrected chi connectivity index (χ4v) is 3.09. The number of halogens is 1. The lowest BCUT2D eigenvalue weighted by Crippen LogP contribution is -2.20. The largest absolute Gasteiger partial charge is 0.484 e. The second-order valence-corrected chi connectivity index (χ2v) is 6.76. The molecular formula is C14H15BrN2O2S. The maximum atomic E-state index is 10.6. The number of hydrogen-bond acceptors (Lipinski definition) is 4. The Labute approximate surface area is 130 Å². The van der Waals surface area contributed by atoms with Crippen LogP contribution in [0.5, 0.6) is 5.75 Å². The Morgan fingerprint density at radius 1 is 1.20 bits per heavy atom. The molecule has 0 bridgehead atoms. The number of rotatable bonds is 7. The molecule has 2 aromatic rings. The van der Waals surface area contributed by atoms with E-state index in [1.807, 2.05) is 30.3 Å². The highest BCUT2D eigenvalue weighted by Gasteiger charge is 2.00. The first-order chi connectivity index (χ1) is 9.63. The summed E-state index contributed by atoms with van der Waals surface area (Å²) in [5.41, 5.74) is 6.18. The second-order valence-electron chi connectivity index (χ2n) is 4.21. The van der Waals surface area contributed by atoms with Gasteiger partial charge in [0.2, 0.25) is 0 Å². The van der Waals surface area contributed by atoms with Gasteiger partial charge in [-0.15, -0.1) is 11.3 Å². The Morgan fingerprint density at radius 3 is 2.55 bits per heavy atom. The lowest BCUT2D eigenvalue weighted by molar-refractivity contribution is -0.119. The van der Waals surface area contributed by atoms with Crippen molar-refractivity contribution in [3.05, 3.63) is 50.6 Å². The number of hydrogen-bond donors (Lipinski definition) is 2. The summed E-state index contributed by atoms with van der Waals surface area (Å²) in [5, 5.41) is 3.38. The molecule has 20 heavy (non-hydrogen) atoms. The van der Waals surface area contributed by atoms with Gasteiger partial charge >= 0.3 is 0 Å². The van der Waals surface area contributed by atoms with Gasteiger partial charge in [-0.2, -0.15) is 0 Å². The molecule has 0 spiro atoms. The highest BCUT2D eigenvalue weighted by atomic mass is 79.9. The van der Waals surface area contributed by atoms with E-state index in [0.29, 0.717) is 5.75 Å². The SMILES string of the molecule is NC(=O)COc1ccc(CNCc2ccc(Br)s2)cc1. The summed E-state index contributed by atoms with van der Waals surface area (Å²) in [6.07, 6.45) is 0. The molecule has 1 amide bonds. The van der Waals surface area contributed by atoms with Crippen molar-refractivity contribution in [3.63, 3.8) is 0 Å². The maximum absolute atomic E-state index is 10.6. The standard InChI is InChI=1S/C14H15BrN2O2S/c15-13-6-5-12(20-13)8-17-7-10-1-3-11(4-2-10)19-9-14(16)18/h1-6,17H,7-9H2,(H2,16,18). The van der Waals surface area contributed by atoms with Crippen LogP contribution in [0.15, 0.2) is 40.2 Å². The van der Waals surface area contributed by atoms with Crippen LogP contribution < -0.4 is 15.8 Å². The average Bonchev–Trinajstić information content (AvgIpc) is 2.83. The monoisotopic (exact) mass is 354 g/mol. The molecule has 0 radical (unpaired) electrons. The molecule has 2 rings (SSSR count). The van der Waals surface area contributed by atoms with Crippen molar-refractivity contribution in [2.45, 2.75) is 13.1 Å². The molecule has 4 nitrogen and oxygen atoms in total. The minimum Gasteiger partial charge on any atom is -0.484 e. The number of thiophene rings is 1. The third-order valence-electron chi connectivity index (χ3n) is 2.56. The van der Waals surface area contributed by atoms with Gasteiger partial charge in [-0.3, -0.25) is 4.79 Å². The van der Waals surface area contributed by atoms with Crippen molar-refractivity contribution in [1.82, 2.24) is 5.32 Å². The lowest BCUT2D eigenvalue weighted by atomic mass is 10.2. The van der Waals surface area contributed by atoms with Gasteiger partial charge in [0.05, 0.1) is 3.79 Å². The number of benzene rings is 1. The van der Waals surface area contributed by atoms with Crippen molar-refractivity contribution in [3.8, 4) is 5.75 Å². The Balaban J connectivity index is 1.77. The van der Waals surface area contributed by atoms with E-state index in [1.54, 1.807) is 11.3 Å². The van der Waals surface area contributed by atoms with Gasteiger partial charge in [0.1, 0.15) is 5.75 Å². The third kappa shape index (κ3) is 4.96. The van der Waals surface area contributed by atoms with Crippen molar-refractivity contribution in [2.24, 2.45) is 5.73 Å². The molecule has 0 aliphatic heterocycles. The smallest absolute Gasteiger partial charge is 0.255 e. The quantitative estimate of drug-likeness (QED) is 0.803. The Bertz CT molecular complexity index is 569. The van der Waals surface area contributed by atoms with Crippen LogP contribution in [0.3, 0.4) is 0 Å². The van der Waals surface area contributed by atoms with Crippen LogP contribution in [0.4, 0.5) is 0 Å². The van der Waals surface area contributed by atoms with Gasteiger partial charge in [0.25, 0.3) is 5.91 Å². The van der Waals surface area contributed by atoms with Crippen molar-refractivity contribution in [2.75, 3.05) is 6.61 Å². The predicted molar refractivity (Wildman–Crippen MR) is 83.7 cm³/mol. The second kappa shape index (κ2) is 7.42. The summed E-state index contributed by atoms with van der Waals surface area (Å²) < 4.78 is 6.34. The molecule has 0 saturated carbocycles. The molecular weight excluding hydrogens is 340 g/mol. The molecule has 1 heterocycles. The van der Waals surface area contributed by atoms with Crippen LogP contribution in [0.25, 0.3) is 0 Å². The third-order valence-corrected chi connectivity index (χ3v) is 4.19. The van der Waals surface area contributed by atoms with Gasteiger partial charge in [-0.05, 0) is 45.8 Å². The molecule has 106 valence electrons. The highest BCUT2D eigenvalue weighted by Crippen LogP contribution is 2.21. The normalized spacial score (nSPS) is 10.4. The fourth-order valence-electron chi connectivity index (χ4n) is 1.63. The zero-order chi connectivity index (χ0) is 14.4. The number of primary amides is 1. The van der Waals surface area contributed by atoms with Gasteiger partial charge in [-0.1, -0.05) is 12.1 Å². The number of amides is 1. The molecule has 1 aromatic heterocycles. The topological polar surface area (TPSA) is 64.4 Å². The van der Waals surface area contributed by atoms with Crippen LogP contribution >= 0.6 is 27.3 Å². The van der Waals surface area contributed by atoms with E-state index in [4.69, 9.17) is 10.5 Å². The zero-order valence-electron chi connectivity index (χ0n) is 10.8. The van der Waals surface area contributed by atoms with Crippen LogP contribution in [0.2, 0.25) is 0 Å². The van der Waals surface area contributed by atoms with Crippen LogP contribution in [0, 0.1) is 0 Å². The molecule has 0 aliphatic rings. The number of nitrogens with two attached hydrogens (primary N) is 1. The minimum atomic E-state index is -0.474. The van der Waals surface area contributed by atoms with E-state index in [2.05, 4.69) is 27.3 Å². The Hall–Kier alpha value is -1.37. The first-order valence-corrected chi connectivity index (χ1v) is 7.69. The van der Waals surface area contributed by atoms with E-state index in [1.165, 1.54) is 4.88 Å². The van der Waals surface area contributed by atoms with Gasteiger partial charge < -0.3 is 15.8 Å². The van der Waals surface area contributed by atoms with Gasteiger partial charge in [0.15, 0.2) is 6.61 Å². The van der Waals surface area contributed by atoms with Crippen LogP contribution in [-0.4, -0.2) is 12.5 Å². The molecule has 3 N–H and O–H groups in total. The van der Waals surface area contributed by atoms with E-state index in [0.717, 1.165) is 22.4 Å². The van der Waals surface area contributed by atoms with E-state index in [9.17, 15) is 4.79 Å². The first-order valence-electron chi connectivity index (χ1n) is 6.08. The number of nitrogens with one attached hydrogen (secondary N) is 1. The fraction of sp³-hybridized carbons (Fsp3) is 0.214. The highest BCUT2D eigenvalue weighted by molar-refractivity contribution is 9.11. The average molecular weight is 355 g/mol. The molecule has 0 aliphatic carbocycles. The Kier molecular flexibility index (Phi) is 5.58. The van der Waals surface area contributed by atoms with Crippen molar-refractivity contribution < 1.29 is 9.53 Å². The van der Waals surface area contributed by atoms with Crippen LogP contribution in [-0.2, 0) is 17.9 Å². The number of ether oxygens (including phenoxy) is 1. The zero-order valence-corrected chi connectivity index (χ0v) is 13.2. The minimum absolute atomic E-state index is 0.0924. The number of carbonyl (C=O) groups excluding carboxylic acids is 1. The molecule has 0 atom stereocenters. The molecule has 0 fully saturated rings. The summed E-state index contributed by atoms with van der Waals surface area (Å²) >= 11 is 5.17. The van der Waals surface area contributed by atoms with Gasteiger partial charge in [0, 0.05) is 18.0 Å². The van der Waals surface area contributed by atoms with E-state index in [-0.39, 0.29) is 6.61 Å². The molecule has 0 saturated heterocycles. The van der Waals surface area contributed by atoms with Crippen molar-refractivity contribution >= 4 is 33.2 Å². The van der Waals surface area contributed by atoms with E-state index < -0.39 is 5.91 Å². The number of carbonyl (C=O) groups is 1. The summed E-state index contributed by atoms with van der Waals surface area (Å²) in [4.78, 5) is 11.9. The molecule has 1 aromatic carbocycles. The predicted octanol–water partition coefficient (Wildman–Crippen LogP) is 2.66. The summed E-state index contributed by atoms with van der Waals surface area (Å²) in [5.74, 6) is 0.174.